The summed E-state index contributed by atoms with van der Waals surface area (Å²) in [4.78, 5) is 14.5. The third-order valence-electron chi connectivity index (χ3n) is 4.29. The van der Waals surface area contributed by atoms with Crippen LogP contribution in [0.2, 0.25) is 0 Å². The number of benzene rings is 1. The van der Waals surface area contributed by atoms with Crippen LogP contribution in [0, 0.1) is 5.92 Å². The molecule has 0 aromatic heterocycles. The molecule has 2 rings (SSSR count). The minimum absolute atomic E-state index is 0.146. The van der Waals surface area contributed by atoms with Crippen molar-refractivity contribution >= 4 is 11.6 Å². The van der Waals surface area contributed by atoms with Crippen LogP contribution in [0.25, 0.3) is 0 Å². The highest BCUT2D eigenvalue weighted by molar-refractivity contribution is 5.94. The van der Waals surface area contributed by atoms with E-state index in [1.54, 1.807) is 0 Å². The van der Waals surface area contributed by atoms with Gasteiger partial charge in [0, 0.05) is 30.9 Å². The first-order valence-corrected chi connectivity index (χ1v) is 7.73. The normalized spacial score (nSPS) is 22.4. The molecule has 20 heavy (non-hydrogen) atoms. The van der Waals surface area contributed by atoms with E-state index in [0.717, 1.165) is 36.6 Å². The molecular weight excluding hydrogens is 248 g/mol. The van der Waals surface area contributed by atoms with Gasteiger partial charge in [0.05, 0.1) is 0 Å². The monoisotopic (exact) mass is 274 g/mol. The molecule has 0 heterocycles. The van der Waals surface area contributed by atoms with Gasteiger partial charge in [-0.05, 0) is 49.9 Å². The van der Waals surface area contributed by atoms with E-state index in [1.807, 2.05) is 36.2 Å². The Morgan fingerprint density at radius 2 is 2.00 bits per heavy atom. The lowest BCUT2D eigenvalue weighted by Crippen LogP contribution is -2.39. The number of anilines is 1. The van der Waals surface area contributed by atoms with Crippen LogP contribution in [0.5, 0.6) is 0 Å². The van der Waals surface area contributed by atoms with Gasteiger partial charge in [0.25, 0.3) is 5.91 Å². The molecule has 1 amide bonds. The number of nitrogens with zero attached hydrogens (tertiary/aromatic N) is 1. The number of nitrogens with one attached hydrogen (secondary N) is 1. The van der Waals surface area contributed by atoms with Crippen molar-refractivity contribution in [1.29, 1.82) is 0 Å². The predicted octanol–water partition coefficient (Wildman–Crippen LogP) is 3.77. The van der Waals surface area contributed by atoms with Crippen LogP contribution in [0.3, 0.4) is 0 Å². The maximum atomic E-state index is 12.5. The zero-order chi connectivity index (χ0) is 14.5. The van der Waals surface area contributed by atoms with Gasteiger partial charge < -0.3 is 10.2 Å². The van der Waals surface area contributed by atoms with Crippen molar-refractivity contribution in [2.75, 3.05) is 18.9 Å². The molecule has 3 nitrogen and oxygen atoms in total. The molecule has 2 atom stereocenters. The largest absolute Gasteiger partial charge is 0.385 e. The molecule has 1 N–H and O–H groups in total. The van der Waals surface area contributed by atoms with Crippen LogP contribution in [0.4, 0.5) is 5.69 Å². The van der Waals surface area contributed by atoms with Crippen molar-refractivity contribution < 1.29 is 4.79 Å². The summed E-state index contributed by atoms with van der Waals surface area (Å²) in [6.45, 7) is 5.25. The van der Waals surface area contributed by atoms with Crippen molar-refractivity contribution in [2.24, 2.45) is 5.92 Å². The molecule has 110 valence electrons. The van der Waals surface area contributed by atoms with E-state index in [1.165, 1.54) is 12.8 Å². The first-order valence-electron chi connectivity index (χ1n) is 7.73. The topological polar surface area (TPSA) is 32.3 Å². The van der Waals surface area contributed by atoms with Crippen LogP contribution in [0.1, 0.15) is 49.9 Å². The van der Waals surface area contributed by atoms with Gasteiger partial charge >= 0.3 is 0 Å². The highest BCUT2D eigenvalue weighted by Gasteiger charge is 2.25. The average molecular weight is 274 g/mol. The summed E-state index contributed by atoms with van der Waals surface area (Å²) < 4.78 is 0. The second-order valence-electron chi connectivity index (χ2n) is 5.95. The van der Waals surface area contributed by atoms with Crippen LogP contribution >= 0.6 is 0 Å². The van der Waals surface area contributed by atoms with Crippen molar-refractivity contribution in [2.45, 2.75) is 45.6 Å². The standard InChI is InChI=1S/C17H26N2O/c1-4-18-15-10-8-14(9-11-15)17(20)19(3)16-7-5-6-13(2)12-16/h8-11,13,16,18H,4-7,12H2,1-3H3. The van der Waals surface area contributed by atoms with Gasteiger partial charge in [0.15, 0.2) is 0 Å². The highest BCUT2D eigenvalue weighted by atomic mass is 16.2. The molecule has 2 unspecified atom stereocenters. The molecule has 1 aliphatic carbocycles. The van der Waals surface area contributed by atoms with Crippen LogP contribution in [-0.4, -0.2) is 30.4 Å². The van der Waals surface area contributed by atoms with E-state index in [0.29, 0.717) is 6.04 Å². The minimum atomic E-state index is 0.146. The Balaban J connectivity index is 2.02. The molecule has 1 aromatic rings. The molecule has 1 fully saturated rings. The van der Waals surface area contributed by atoms with E-state index in [9.17, 15) is 4.79 Å². The lowest BCUT2D eigenvalue weighted by atomic mass is 9.86. The molecule has 3 heteroatoms. The molecule has 1 saturated carbocycles. The fourth-order valence-corrected chi connectivity index (χ4v) is 3.06. The smallest absolute Gasteiger partial charge is 0.253 e. The van der Waals surface area contributed by atoms with E-state index in [4.69, 9.17) is 0 Å². The lowest BCUT2D eigenvalue weighted by Gasteiger charge is -2.34. The first-order chi connectivity index (χ1) is 9.61. The average Bonchev–Trinajstić information content (AvgIpc) is 2.47. The summed E-state index contributed by atoms with van der Waals surface area (Å²) in [6, 6.07) is 8.20. The number of hydrogen-bond acceptors (Lipinski definition) is 2. The van der Waals surface area contributed by atoms with Crippen molar-refractivity contribution in [1.82, 2.24) is 4.90 Å². The van der Waals surface area contributed by atoms with Crippen molar-refractivity contribution in [3.05, 3.63) is 29.8 Å². The molecule has 0 radical (unpaired) electrons. The third kappa shape index (κ3) is 3.53. The van der Waals surface area contributed by atoms with Gasteiger partial charge in [0.2, 0.25) is 0 Å². The molecule has 0 bridgehead atoms. The number of rotatable bonds is 4. The number of carbonyl (C=O) groups is 1. The summed E-state index contributed by atoms with van der Waals surface area (Å²) in [5.41, 5.74) is 1.85. The second-order valence-corrected chi connectivity index (χ2v) is 5.95. The summed E-state index contributed by atoms with van der Waals surface area (Å²) in [6.07, 6.45) is 4.82. The third-order valence-corrected chi connectivity index (χ3v) is 4.29. The number of carbonyl (C=O) groups excluding carboxylic acids is 1. The van der Waals surface area contributed by atoms with E-state index in [2.05, 4.69) is 19.2 Å². The molecular formula is C17H26N2O. The van der Waals surface area contributed by atoms with Gasteiger partial charge in [-0.15, -0.1) is 0 Å². The SMILES string of the molecule is CCNc1ccc(C(=O)N(C)C2CCCC(C)C2)cc1. The quantitative estimate of drug-likeness (QED) is 0.906. The van der Waals surface area contributed by atoms with Crippen LogP contribution in [-0.2, 0) is 0 Å². The molecule has 1 aromatic carbocycles. The Morgan fingerprint density at radius 3 is 2.60 bits per heavy atom. The second kappa shape index (κ2) is 6.78. The Labute approximate surface area is 122 Å². The van der Waals surface area contributed by atoms with E-state index >= 15 is 0 Å². The number of hydrogen-bond donors (Lipinski definition) is 1. The zero-order valence-corrected chi connectivity index (χ0v) is 12.9. The summed E-state index contributed by atoms with van der Waals surface area (Å²) in [7, 11) is 1.95. The fourth-order valence-electron chi connectivity index (χ4n) is 3.06. The van der Waals surface area contributed by atoms with Crippen LogP contribution in [0.15, 0.2) is 24.3 Å². The molecule has 1 aliphatic rings. The van der Waals surface area contributed by atoms with Gasteiger partial charge in [-0.1, -0.05) is 19.8 Å². The zero-order valence-electron chi connectivity index (χ0n) is 12.9. The van der Waals surface area contributed by atoms with Gasteiger partial charge in [0.1, 0.15) is 0 Å². The van der Waals surface area contributed by atoms with E-state index < -0.39 is 0 Å². The maximum absolute atomic E-state index is 12.5. The van der Waals surface area contributed by atoms with Crippen molar-refractivity contribution in [3.8, 4) is 0 Å². The Hall–Kier alpha value is -1.51. The van der Waals surface area contributed by atoms with Gasteiger partial charge in [-0.3, -0.25) is 4.79 Å². The Kier molecular flexibility index (Phi) is 5.05. The van der Waals surface area contributed by atoms with Gasteiger partial charge in [-0.25, -0.2) is 0 Å². The Morgan fingerprint density at radius 1 is 1.30 bits per heavy atom. The molecule has 0 aliphatic heterocycles. The van der Waals surface area contributed by atoms with Crippen LogP contribution < -0.4 is 5.32 Å². The first kappa shape index (κ1) is 14.9. The van der Waals surface area contributed by atoms with Crippen molar-refractivity contribution in [3.63, 3.8) is 0 Å². The lowest BCUT2D eigenvalue weighted by molar-refractivity contribution is 0.0672. The molecule has 0 spiro atoms. The summed E-state index contributed by atoms with van der Waals surface area (Å²) in [5.74, 6) is 0.882. The predicted molar refractivity (Wildman–Crippen MR) is 84.1 cm³/mol. The highest BCUT2D eigenvalue weighted by Crippen LogP contribution is 2.27. The van der Waals surface area contributed by atoms with Gasteiger partial charge in [-0.2, -0.15) is 0 Å². The summed E-state index contributed by atoms with van der Waals surface area (Å²) in [5, 5.41) is 3.25. The Bertz CT molecular complexity index is 441. The van der Waals surface area contributed by atoms with E-state index in [-0.39, 0.29) is 5.91 Å². The number of amides is 1. The summed E-state index contributed by atoms with van der Waals surface area (Å²) >= 11 is 0. The maximum Gasteiger partial charge on any atom is 0.253 e. The minimum Gasteiger partial charge on any atom is -0.385 e. The molecule has 0 saturated heterocycles. The fraction of sp³-hybridized carbons (Fsp3) is 0.588.